The van der Waals surface area contributed by atoms with Gasteiger partial charge in [0.15, 0.2) is 0 Å². The molecule has 3 fully saturated rings. The van der Waals surface area contributed by atoms with E-state index in [2.05, 4.69) is 34.9 Å². The number of halogens is 3. The molecule has 0 bridgehead atoms. The van der Waals surface area contributed by atoms with Crippen molar-refractivity contribution in [1.82, 2.24) is 10.2 Å². The van der Waals surface area contributed by atoms with E-state index in [4.69, 9.17) is 4.74 Å². The summed E-state index contributed by atoms with van der Waals surface area (Å²) in [6.45, 7) is 5.79. The molecule has 0 atom stereocenters. The Kier molecular flexibility index (Phi) is 6.60. The summed E-state index contributed by atoms with van der Waals surface area (Å²) >= 11 is 0. The van der Waals surface area contributed by atoms with Gasteiger partial charge in [-0.2, -0.15) is 13.2 Å². The number of nitrogens with one attached hydrogen (secondary N) is 2. The maximum absolute atomic E-state index is 12.6. The fourth-order valence-corrected chi connectivity index (χ4v) is 5.75. The smallest absolute Gasteiger partial charge is 0.407 e. The third-order valence-electron chi connectivity index (χ3n) is 7.18. The topological polar surface area (TPSA) is 53.6 Å². The average Bonchev–Trinajstić information content (AvgIpc) is 2.63. The van der Waals surface area contributed by atoms with Gasteiger partial charge in [-0.3, -0.25) is 4.90 Å². The normalized spacial score (nSPS) is 28.7. The lowest BCUT2D eigenvalue weighted by molar-refractivity contribution is -0.147. The number of alkyl carbamates (subject to hydrolysis) is 1. The number of anilines is 1. The first-order valence-corrected chi connectivity index (χ1v) is 12.0. The standard InChI is InChI=1S/C25H36F3N3O2/c1-23(2,3)33-22(32)30-21-14-24(15-21)12-20(13-24)29-19-6-4-17(5-7-19)18-8-10-31(11-9-18)16-25(26,27)28/h4-7,18,20-21,29H,8-16H2,1-3H3,(H,30,32). The molecule has 1 saturated heterocycles. The molecule has 3 aliphatic rings. The van der Waals surface area contributed by atoms with Crippen molar-refractivity contribution >= 4 is 11.8 Å². The van der Waals surface area contributed by atoms with Crippen LogP contribution in [-0.4, -0.2) is 54.5 Å². The van der Waals surface area contributed by atoms with Crippen LogP contribution in [0.5, 0.6) is 0 Å². The zero-order chi connectivity index (χ0) is 23.9. The number of piperidine rings is 1. The number of alkyl halides is 3. The zero-order valence-corrected chi connectivity index (χ0v) is 19.8. The summed E-state index contributed by atoms with van der Waals surface area (Å²) in [5.74, 6) is 0.333. The van der Waals surface area contributed by atoms with E-state index in [-0.39, 0.29) is 12.1 Å². The Hall–Kier alpha value is -1.96. The van der Waals surface area contributed by atoms with Gasteiger partial charge in [-0.1, -0.05) is 12.1 Å². The molecule has 8 heteroatoms. The largest absolute Gasteiger partial charge is 0.444 e. The molecule has 0 radical (unpaired) electrons. The molecule has 33 heavy (non-hydrogen) atoms. The van der Waals surface area contributed by atoms with Crippen LogP contribution in [0.2, 0.25) is 0 Å². The fourth-order valence-electron chi connectivity index (χ4n) is 5.75. The summed E-state index contributed by atoms with van der Waals surface area (Å²) in [6.07, 6.45) is 1.33. The summed E-state index contributed by atoms with van der Waals surface area (Å²) in [5, 5.41) is 6.58. The fraction of sp³-hybridized carbons (Fsp3) is 0.720. The number of nitrogens with zero attached hydrogens (tertiary/aromatic N) is 1. The van der Waals surface area contributed by atoms with E-state index in [0.29, 0.717) is 30.5 Å². The van der Waals surface area contributed by atoms with Gasteiger partial charge in [0, 0.05) is 17.8 Å². The number of hydrogen-bond donors (Lipinski definition) is 2. The molecule has 4 rings (SSSR count). The van der Waals surface area contributed by atoms with Crippen molar-refractivity contribution in [3.8, 4) is 0 Å². The number of hydrogen-bond acceptors (Lipinski definition) is 4. The molecule has 1 amide bonds. The van der Waals surface area contributed by atoms with Gasteiger partial charge in [-0.05, 0) is 101 Å². The van der Waals surface area contributed by atoms with Gasteiger partial charge in [0.25, 0.3) is 0 Å². The Labute approximate surface area is 194 Å². The molecule has 1 aliphatic heterocycles. The van der Waals surface area contributed by atoms with E-state index in [9.17, 15) is 18.0 Å². The van der Waals surface area contributed by atoms with Crippen LogP contribution in [0.3, 0.4) is 0 Å². The van der Waals surface area contributed by atoms with Crippen LogP contribution < -0.4 is 10.6 Å². The summed E-state index contributed by atoms with van der Waals surface area (Å²) in [7, 11) is 0. The minimum Gasteiger partial charge on any atom is -0.444 e. The summed E-state index contributed by atoms with van der Waals surface area (Å²) in [5.41, 5.74) is 2.18. The van der Waals surface area contributed by atoms with Crippen LogP contribution in [0.25, 0.3) is 0 Å². The first kappa shape index (κ1) is 24.2. The van der Waals surface area contributed by atoms with Crippen LogP contribution in [0.1, 0.15) is 70.8 Å². The molecular formula is C25H36F3N3O2. The van der Waals surface area contributed by atoms with Crippen LogP contribution in [-0.2, 0) is 4.74 Å². The minimum atomic E-state index is -4.12. The van der Waals surface area contributed by atoms with E-state index < -0.39 is 18.3 Å². The molecule has 184 valence electrons. The number of benzene rings is 1. The highest BCUT2D eigenvalue weighted by molar-refractivity contribution is 5.68. The van der Waals surface area contributed by atoms with Gasteiger partial charge < -0.3 is 15.4 Å². The van der Waals surface area contributed by atoms with Crippen molar-refractivity contribution in [3.63, 3.8) is 0 Å². The lowest BCUT2D eigenvalue weighted by Crippen LogP contribution is -2.59. The second-order valence-corrected chi connectivity index (χ2v) is 11.3. The lowest BCUT2D eigenvalue weighted by Gasteiger charge is -2.58. The molecule has 1 heterocycles. The van der Waals surface area contributed by atoms with Crippen LogP contribution >= 0.6 is 0 Å². The van der Waals surface area contributed by atoms with E-state index in [1.54, 1.807) is 0 Å². The number of carbonyl (C=O) groups excluding carboxylic acids is 1. The third kappa shape index (κ3) is 6.55. The molecule has 1 aromatic carbocycles. The number of amides is 1. The molecular weight excluding hydrogens is 431 g/mol. The minimum absolute atomic E-state index is 0.211. The predicted molar refractivity (Wildman–Crippen MR) is 122 cm³/mol. The van der Waals surface area contributed by atoms with Gasteiger partial charge in [0.1, 0.15) is 5.60 Å². The molecule has 2 aliphatic carbocycles. The Morgan fingerprint density at radius 2 is 1.61 bits per heavy atom. The molecule has 0 aromatic heterocycles. The van der Waals surface area contributed by atoms with Crippen molar-refractivity contribution in [1.29, 1.82) is 0 Å². The first-order valence-electron chi connectivity index (χ1n) is 12.0. The zero-order valence-electron chi connectivity index (χ0n) is 19.8. The van der Waals surface area contributed by atoms with Crippen molar-refractivity contribution in [2.75, 3.05) is 25.0 Å². The second kappa shape index (κ2) is 9.01. The first-order chi connectivity index (χ1) is 15.4. The van der Waals surface area contributed by atoms with Crippen LogP contribution in [0, 0.1) is 5.41 Å². The lowest BCUT2D eigenvalue weighted by atomic mass is 9.52. The Bertz CT molecular complexity index is 813. The third-order valence-corrected chi connectivity index (χ3v) is 7.18. The number of rotatable bonds is 5. The van der Waals surface area contributed by atoms with Crippen molar-refractivity contribution < 1.29 is 22.7 Å². The second-order valence-electron chi connectivity index (χ2n) is 11.3. The van der Waals surface area contributed by atoms with Crippen LogP contribution in [0.15, 0.2) is 24.3 Å². The van der Waals surface area contributed by atoms with E-state index >= 15 is 0 Å². The van der Waals surface area contributed by atoms with Crippen molar-refractivity contribution in [3.05, 3.63) is 29.8 Å². The summed E-state index contributed by atoms with van der Waals surface area (Å²) in [6, 6.07) is 9.08. The number of likely N-dealkylation sites (tertiary alicyclic amines) is 1. The van der Waals surface area contributed by atoms with Gasteiger partial charge in [-0.15, -0.1) is 0 Å². The highest BCUT2D eigenvalue weighted by atomic mass is 19.4. The van der Waals surface area contributed by atoms with Crippen molar-refractivity contribution in [2.45, 2.75) is 89.1 Å². The number of carbonyl (C=O) groups is 1. The van der Waals surface area contributed by atoms with Crippen LogP contribution in [0.4, 0.5) is 23.7 Å². The molecule has 5 nitrogen and oxygen atoms in total. The van der Waals surface area contributed by atoms with E-state index in [1.807, 2.05) is 20.8 Å². The van der Waals surface area contributed by atoms with Gasteiger partial charge in [-0.25, -0.2) is 4.79 Å². The van der Waals surface area contributed by atoms with Gasteiger partial charge >= 0.3 is 12.3 Å². The highest BCUT2D eigenvalue weighted by Crippen LogP contribution is 2.56. The maximum atomic E-state index is 12.6. The quantitative estimate of drug-likeness (QED) is 0.585. The summed E-state index contributed by atoms with van der Waals surface area (Å²) < 4.78 is 43.0. The molecule has 0 unspecified atom stereocenters. The number of ether oxygens (including phenoxy) is 1. The molecule has 2 saturated carbocycles. The van der Waals surface area contributed by atoms with E-state index in [0.717, 1.165) is 44.2 Å². The summed E-state index contributed by atoms with van der Waals surface area (Å²) in [4.78, 5) is 13.4. The predicted octanol–water partition coefficient (Wildman–Crippen LogP) is 5.68. The van der Waals surface area contributed by atoms with Gasteiger partial charge in [0.2, 0.25) is 0 Å². The molecule has 1 spiro atoms. The van der Waals surface area contributed by atoms with E-state index in [1.165, 1.54) is 10.5 Å². The maximum Gasteiger partial charge on any atom is 0.407 e. The SMILES string of the molecule is CC(C)(C)OC(=O)NC1CC2(C1)CC(Nc1ccc(C3CCN(CC(F)(F)F)CC3)cc1)C2. The molecule has 2 N–H and O–H groups in total. The Morgan fingerprint density at radius 1 is 1.03 bits per heavy atom. The monoisotopic (exact) mass is 467 g/mol. The Morgan fingerprint density at radius 3 is 2.15 bits per heavy atom. The Balaban J connectivity index is 1.16. The average molecular weight is 468 g/mol. The van der Waals surface area contributed by atoms with Gasteiger partial charge in [0.05, 0.1) is 6.54 Å². The highest BCUT2D eigenvalue weighted by Gasteiger charge is 2.53. The molecule has 1 aromatic rings. The van der Waals surface area contributed by atoms with Crippen molar-refractivity contribution in [2.24, 2.45) is 5.41 Å².